The predicted octanol–water partition coefficient (Wildman–Crippen LogP) is 4.43. The van der Waals surface area contributed by atoms with Gasteiger partial charge in [0.2, 0.25) is 0 Å². The van der Waals surface area contributed by atoms with Crippen molar-refractivity contribution in [1.82, 2.24) is 0 Å². The largest absolute Gasteiger partial charge is 0.155 e. The van der Waals surface area contributed by atoms with Crippen LogP contribution in [0.25, 0.3) is 0 Å². The van der Waals surface area contributed by atoms with Gasteiger partial charge >= 0.3 is 0 Å². The SMILES string of the molecule is CC/C=C\C=C(/CC)C(C)(C)SC. The molecule has 1 heteroatoms. The standard InChI is InChI=1S/C12H22S/c1-6-8-9-10-11(7-2)12(3,4)13-5/h8-10H,6-7H2,1-5H3/b9-8-,11-10+. The lowest BCUT2D eigenvalue weighted by Gasteiger charge is -2.24. The van der Waals surface area contributed by atoms with Crippen LogP contribution in [0.2, 0.25) is 0 Å². The maximum absolute atomic E-state index is 2.28. The second kappa shape index (κ2) is 6.31. The zero-order chi connectivity index (χ0) is 10.3. The van der Waals surface area contributed by atoms with Crippen molar-refractivity contribution < 1.29 is 0 Å². The lowest BCUT2D eigenvalue weighted by atomic mass is 9.99. The highest BCUT2D eigenvalue weighted by Gasteiger charge is 2.19. The van der Waals surface area contributed by atoms with E-state index in [4.69, 9.17) is 0 Å². The molecule has 0 radical (unpaired) electrons. The third-order valence-corrected chi connectivity index (χ3v) is 3.62. The van der Waals surface area contributed by atoms with Crippen molar-refractivity contribution in [1.29, 1.82) is 0 Å². The van der Waals surface area contributed by atoms with Gasteiger partial charge in [-0.2, -0.15) is 11.8 Å². The molecule has 76 valence electrons. The van der Waals surface area contributed by atoms with Crippen LogP contribution < -0.4 is 0 Å². The number of hydrogen-bond donors (Lipinski definition) is 0. The zero-order valence-corrected chi connectivity index (χ0v) is 10.4. The van der Waals surface area contributed by atoms with Crippen LogP contribution in [0.5, 0.6) is 0 Å². The number of rotatable bonds is 5. The molecule has 0 rings (SSSR count). The first-order valence-corrected chi connectivity index (χ1v) is 6.22. The lowest BCUT2D eigenvalue weighted by molar-refractivity contribution is 0.790. The van der Waals surface area contributed by atoms with E-state index >= 15 is 0 Å². The third kappa shape index (κ3) is 4.56. The van der Waals surface area contributed by atoms with Crippen LogP contribution in [0.4, 0.5) is 0 Å². The molecule has 0 nitrogen and oxygen atoms in total. The summed E-state index contributed by atoms with van der Waals surface area (Å²) in [4.78, 5) is 0. The van der Waals surface area contributed by atoms with Crippen molar-refractivity contribution in [2.24, 2.45) is 0 Å². The Morgan fingerprint density at radius 1 is 1.31 bits per heavy atom. The van der Waals surface area contributed by atoms with E-state index in [1.54, 1.807) is 0 Å². The van der Waals surface area contributed by atoms with Crippen LogP contribution in [-0.4, -0.2) is 11.0 Å². The Labute approximate surface area is 87.5 Å². The van der Waals surface area contributed by atoms with Crippen molar-refractivity contribution in [2.75, 3.05) is 6.26 Å². The highest BCUT2D eigenvalue weighted by molar-refractivity contribution is 8.00. The average molecular weight is 198 g/mol. The Balaban J connectivity index is 4.49. The van der Waals surface area contributed by atoms with Gasteiger partial charge in [0.1, 0.15) is 0 Å². The molecule has 0 aromatic carbocycles. The molecular formula is C12H22S. The Morgan fingerprint density at radius 3 is 2.31 bits per heavy atom. The predicted molar refractivity (Wildman–Crippen MR) is 65.4 cm³/mol. The molecule has 0 N–H and O–H groups in total. The quantitative estimate of drug-likeness (QED) is 0.589. The summed E-state index contributed by atoms with van der Waals surface area (Å²) in [5, 5.41) is 0. The van der Waals surface area contributed by atoms with Gasteiger partial charge in [0.15, 0.2) is 0 Å². The second-order valence-electron chi connectivity index (χ2n) is 3.60. The van der Waals surface area contributed by atoms with E-state index in [2.05, 4.69) is 52.2 Å². The number of hydrogen-bond acceptors (Lipinski definition) is 1. The fourth-order valence-corrected chi connectivity index (χ4v) is 1.67. The molecule has 0 fully saturated rings. The van der Waals surface area contributed by atoms with E-state index in [0.717, 1.165) is 12.8 Å². The van der Waals surface area contributed by atoms with E-state index in [-0.39, 0.29) is 4.75 Å². The van der Waals surface area contributed by atoms with Gasteiger partial charge < -0.3 is 0 Å². The highest BCUT2D eigenvalue weighted by atomic mass is 32.2. The van der Waals surface area contributed by atoms with E-state index in [1.165, 1.54) is 5.57 Å². The van der Waals surface area contributed by atoms with Gasteiger partial charge in [-0.15, -0.1) is 0 Å². The Bertz CT molecular complexity index is 187. The molecule has 0 aliphatic heterocycles. The molecule has 13 heavy (non-hydrogen) atoms. The van der Waals surface area contributed by atoms with Crippen molar-refractivity contribution >= 4 is 11.8 Å². The van der Waals surface area contributed by atoms with E-state index in [0.29, 0.717) is 0 Å². The monoisotopic (exact) mass is 198 g/mol. The number of allylic oxidation sites excluding steroid dienone is 3. The maximum atomic E-state index is 2.28. The Morgan fingerprint density at radius 2 is 1.92 bits per heavy atom. The molecule has 0 saturated heterocycles. The van der Waals surface area contributed by atoms with E-state index in [1.807, 2.05) is 11.8 Å². The van der Waals surface area contributed by atoms with Crippen LogP contribution in [0, 0.1) is 0 Å². The summed E-state index contributed by atoms with van der Waals surface area (Å²) in [6.07, 6.45) is 11.1. The Hall–Kier alpha value is -0.170. The first-order chi connectivity index (χ1) is 6.08. The summed E-state index contributed by atoms with van der Waals surface area (Å²) in [5.74, 6) is 0. The first-order valence-electron chi connectivity index (χ1n) is 4.99. The fraction of sp³-hybridized carbons (Fsp3) is 0.667. The molecule has 0 spiro atoms. The summed E-state index contributed by atoms with van der Waals surface area (Å²) in [6, 6.07) is 0. The van der Waals surface area contributed by atoms with Gasteiger partial charge in [-0.3, -0.25) is 0 Å². The normalized spacial score (nSPS) is 14.1. The van der Waals surface area contributed by atoms with Gasteiger partial charge in [0.05, 0.1) is 0 Å². The minimum Gasteiger partial charge on any atom is -0.155 e. The molecule has 0 amide bonds. The molecule has 0 saturated carbocycles. The molecule has 0 atom stereocenters. The van der Waals surface area contributed by atoms with Crippen LogP contribution >= 0.6 is 11.8 Å². The van der Waals surface area contributed by atoms with Crippen molar-refractivity contribution in [2.45, 2.75) is 45.3 Å². The molecule has 0 aromatic rings. The van der Waals surface area contributed by atoms with Gasteiger partial charge in [0, 0.05) is 4.75 Å². The first kappa shape index (κ1) is 12.8. The van der Waals surface area contributed by atoms with E-state index < -0.39 is 0 Å². The van der Waals surface area contributed by atoms with Gasteiger partial charge in [-0.05, 0) is 32.9 Å². The van der Waals surface area contributed by atoms with Gasteiger partial charge in [-0.1, -0.05) is 37.6 Å². The molecule has 0 unspecified atom stereocenters. The Kier molecular flexibility index (Phi) is 6.23. The summed E-state index contributed by atoms with van der Waals surface area (Å²) in [7, 11) is 0. The molecule has 0 aromatic heterocycles. The van der Waals surface area contributed by atoms with Crippen molar-refractivity contribution in [3.63, 3.8) is 0 Å². The summed E-state index contributed by atoms with van der Waals surface area (Å²) in [6.45, 7) is 8.96. The minimum atomic E-state index is 0.285. The average Bonchev–Trinajstić information content (AvgIpc) is 2.12. The lowest BCUT2D eigenvalue weighted by Crippen LogP contribution is -2.16. The molecular weight excluding hydrogens is 176 g/mol. The number of thioether (sulfide) groups is 1. The van der Waals surface area contributed by atoms with Gasteiger partial charge in [-0.25, -0.2) is 0 Å². The van der Waals surface area contributed by atoms with Crippen molar-refractivity contribution in [3.05, 3.63) is 23.8 Å². The molecule has 0 heterocycles. The second-order valence-corrected chi connectivity index (χ2v) is 5.03. The highest BCUT2D eigenvalue weighted by Crippen LogP contribution is 2.31. The fourth-order valence-electron chi connectivity index (χ4n) is 1.20. The smallest absolute Gasteiger partial charge is 0.0311 e. The summed E-state index contributed by atoms with van der Waals surface area (Å²) in [5.41, 5.74) is 1.52. The molecule has 0 aliphatic rings. The van der Waals surface area contributed by atoms with Crippen molar-refractivity contribution in [3.8, 4) is 0 Å². The van der Waals surface area contributed by atoms with Crippen LogP contribution in [-0.2, 0) is 0 Å². The minimum absolute atomic E-state index is 0.285. The van der Waals surface area contributed by atoms with Crippen LogP contribution in [0.15, 0.2) is 23.8 Å². The van der Waals surface area contributed by atoms with Crippen LogP contribution in [0.1, 0.15) is 40.5 Å². The van der Waals surface area contributed by atoms with E-state index in [9.17, 15) is 0 Å². The van der Waals surface area contributed by atoms with Gasteiger partial charge in [0.25, 0.3) is 0 Å². The summed E-state index contributed by atoms with van der Waals surface area (Å²) >= 11 is 1.92. The van der Waals surface area contributed by atoms with Crippen LogP contribution in [0.3, 0.4) is 0 Å². The summed E-state index contributed by atoms with van der Waals surface area (Å²) < 4.78 is 0.285. The molecule has 0 aliphatic carbocycles. The molecule has 0 bridgehead atoms. The zero-order valence-electron chi connectivity index (χ0n) is 9.55. The third-order valence-electron chi connectivity index (χ3n) is 2.33. The topological polar surface area (TPSA) is 0 Å². The maximum Gasteiger partial charge on any atom is 0.0311 e.